The number of hydrogen-bond acceptors (Lipinski definition) is 4. The highest BCUT2D eigenvalue weighted by Gasteiger charge is 2.26. The van der Waals surface area contributed by atoms with Crippen molar-refractivity contribution in [2.75, 3.05) is 0 Å². The number of benzene rings is 1. The van der Waals surface area contributed by atoms with E-state index in [0.29, 0.717) is 5.56 Å². The Morgan fingerprint density at radius 1 is 1.37 bits per heavy atom. The minimum atomic E-state index is -0.551. The fourth-order valence-electron chi connectivity index (χ4n) is 2.02. The van der Waals surface area contributed by atoms with Crippen molar-refractivity contribution in [2.24, 2.45) is 0 Å². The maximum absolute atomic E-state index is 11.8. The monoisotopic (exact) mass is 278 g/mol. The van der Waals surface area contributed by atoms with Crippen LogP contribution in [0.15, 0.2) is 23.1 Å². The molecule has 0 unspecified atom stereocenters. The van der Waals surface area contributed by atoms with Gasteiger partial charge in [-0.05, 0) is 36.6 Å². The van der Waals surface area contributed by atoms with E-state index in [1.807, 2.05) is 23.9 Å². The summed E-state index contributed by atoms with van der Waals surface area (Å²) in [5.41, 5.74) is 1.63. The molecule has 19 heavy (non-hydrogen) atoms. The number of carbonyl (C=O) groups excluding carboxylic acids is 2. The Labute approximate surface area is 117 Å². The molecule has 2 rings (SSSR count). The Morgan fingerprint density at radius 3 is 2.79 bits per heavy atom. The summed E-state index contributed by atoms with van der Waals surface area (Å²) in [7, 11) is 0. The van der Waals surface area contributed by atoms with Crippen LogP contribution >= 0.6 is 11.8 Å². The van der Waals surface area contributed by atoms with Gasteiger partial charge >= 0.3 is 11.9 Å². The minimum absolute atomic E-state index is 0.209. The molecular weight excluding hydrogens is 260 g/mol. The lowest BCUT2D eigenvalue weighted by atomic mass is 9.99. The summed E-state index contributed by atoms with van der Waals surface area (Å²) in [6, 6.07) is 5.54. The summed E-state index contributed by atoms with van der Waals surface area (Å²) in [4.78, 5) is 24.1. The Hall–Kier alpha value is -1.29. The molecule has 1 aromatic rings. The SMILES string of the molecule is CCC(=O)OC(=O)c1ccc2c(c1)CCC(C)(C)S2. The van der Waals surface area contributed by atoms with Crippen LogP contribution in [0.3, 0.4) is 0 Å². The minimum Gasteiger partial charge on any atom is -0.389 e. The predicted molar refractivity (Wildman–Crippen MR) is 75.4 cm³/mol. The van der Waals surface area contributed by atoms with Crippen LogP contribution in [0.5, 0.6) is 0 Å². The lowest BCUT2D eigenvalue weighted by molar-refractivity contribution is -0.137. The number of ether oxygens (including phenoxy) is 1. The molecule has 0 fully saturated rings. The topological polar surface area (TPSA) is 43.4 Å². The van der Waals surface area contributed by atoms with Gasteiger partial charge in [0.2, 0.25) is 0 Å². The summed E-state index contributed by atoms with van der Waals surface area (Å²) < 4.78 is 4.98. The Kier molecular flexibility index (Phi) is 3.99. The maximum atomic E-state index is 11.8. The van der Waals surface area contributed by atoms with Crippen LogP contribution in [0.25, 0.3) is 0 Å². The third-order valence-corrected chi connectivity index (χ3v) is 4.55. The van der Waals surface area contributed by atoms with E-state index in [1.54, 1.807) is 13.0 Å². The Balaban J connectivity index is 2.18. The molecule has 0 aliphatic carbocycles. The molecule has 1 aliphatic rings. The predicted octanol–water partition coefficient (Wildman–Crippen LogP) is 3.60. The second kappa shape index (κ2) is 5.37. The summed E-state index contributed by atoms with van der Waals surface area (Å²) in [6.07, 6.45) is 2.25. The van der Waals surface area contributed by atoms with Gasteiger partial charge in [-0.2, -0.15) is 0 Å². The van der Waals surface area contributed by atoms with Gasteiger partial charge in [-0.25, -0.2) is 4.79 Å². The third-order valence-electron chi connectivity index (χ3n) is 3.17. The van der Waals surface area contributed by atoms with Crippen LogP contribution < -0.4 is 0 Å². The molecule has 0 saturated carbocycles. The van der Waals surface area contributed by atoms with Gasteiger partial charge in [0.15, 0.2) is 0 Å². The normalized spacial score (nSPS) is 16.6. The van der Waals surface area contributed by atoms with Crippen molar-refractivity contribution in [3.63, 3.8) is 0 Å². The average Bonchev–Trinajstić information content (AvgIpc) is 2.36. The highest BCUT2D eigenvalue weighted by Crippen LogP contribution is 2.42. The lowest BCUT2D eigenvalue weighted by Crippen LogP contribution is -2.20. The Morgan fingerprint density at radius 2 is 2.11 bits per heavy atom. The van der Waals surface area contributed by atoms with E-state index in [2.05, 4.69) is 13.8 Å². The fourth-order valence-corrected chi connectivity index (χ4v) is 3.25. The molecule has 0 amide bonds. The molecule has 102 valence electrons. The number of rotatable bonds is 2. The van der Waals surface area contributed by atoms with Gasteiger partial charge in [0.05, 0.1) is 5.56 Å². The van der Waals surface area contributed by atoms with Gasteiger partial charge < -0.3 is 4.74 Å². The number of thioether (sulfide) groups is 1. The standard InChI is InChI=1S/C15H18O3S/c1-4-13(16)18-14(17)11-5-6-12-10(9-11)7-8-15(2,3)19-12/h5-6,9H,4,7-8H2,1-3H3. The molecule has 0 radical (unpaired) electrons. The zero-order chi connectivity index (χ0) is 14.0. The highest BCUT2D eigenvalue weighted by atomic mass is 32.2. The zero-order valence-corrected chi connectivity index (χ0v) is 12.3. The van der Waals surface area contributed by atoms with Crippen LogP contribution in [0.1, 0.15) is 49.5 Å². The Bertz CT molecular complexity index is 520. The van der Waals surface area contributed by atoms with E-state index >= 15 is 0 Å². The molecular formula is C15H18O3S. The second-order valence-corrected chi connectivity index (χ2v) is 7.05. The molecule has 4 heteroatoms. The number of carbonyl (C=O) groups is 2. The first kappa shape index (κ1) is 14.1. The summed E-state index contributed by atoms with van der Waals surface area (Å²) >= 11 is 1.83. The molecule has 0 spiro atoms. The van der Waals surface area contributed by atoms with Gasteiger partial charge in [-0.15, -0.1) is 11.8 Å². The van der Waals surface area contributed by atoms with Crippen molar-refractivity contribution in [1.29, 1.82) is 0 Å². The molecule has 3 nitrogen and oxygen atoms in total. The highest BCUT2D eigenvalue weighted by molar-refractivity contribution is 8.00. The van der Waals surface area contributed by atoms with E-state index in [4.69, 9.17) is 4.74 Å². The number of hydrogen-bond donors (Lipinski definition) is 0. The summed E-state index contributed by atoms with van der Waals surface area (Å²) in [6.45, 7) is 6.12. The number of aryl methyl sites for hydroxylation is 1. The van der Waals surface area contributed by atoms with Crippen LogP contribution in [0.2, 0.25) is 0 Å². The van der Waals surface area contributed by atoms with Gasteiger partial charge in [-0.3, -0.25) is 4.79 Å². The first-order valence-electron chi connectivity index (χ1n) is 6.48. The largest absolute Gasteiger partial charge is 0.389 e. The van der Waals surface area contributed by atoms with Crippen molar-refractivity contribution >= 4 is 23.7 Å². The van der Waals surface area contributed by atoms with E-state index in [9.17, 15) is 9.59 Å². The van der Waals surface area contributed by atoms with Gasteiger partial charge in [-0.1, -0.05) is 20.8 Å². The van der Waals surface area contributed by atoms with Gasteiger partial charge in [0.1, 0.15) is 0 Å². The van der Waals surface area contributed by atoms with E-state index in [1.165, 1.54) is 10.5 Å². The maximum Gasteiger partial charge on any atom is 0.345 e. The van der Waals surface area contributed by atoms with Crippen molar-refractivity contribution in [3.05, 3.63) is 29.3 Å². The van der Waals surface area contributed by atoms with Crippen molar-refractivity contribution in [1.82, 2.24) is 0 Å². The summed E-state index contributed by atoms with van der Waals surface area (Å²) in [5, 5.41) is 0. The molecule has 0 atom stereocenters. The molecule has 1 aliphatic heterocycles. The molecule has 0 aromatic heterocycles. The zero-order valence-electron chi connectivity index (χ0n) is 11.5. The smallest absolute Gasteiger partial charge is 0.345 e. The molecule has 0 saturated heterocycles. The first-order valence-corrected chi connectivity index (χ1v) is 7.30. The lowest BCUT2D eigenvalue weighted by Gasteiger charge is -2.30. The van der Waals surface area contributed by atoms with Crippen LogP contribution in [0, 0.1) is 0 Å². The molecule has 0 bridgehead atoms. The first-order chi connectivity index (χ1) is 8.91. The summed E-state index contributed by atoms with van der Waals surface area (Å²) in [5.74, 6) is -1.04. The van der Waals surface area contributed by atoms with Crippen LogP contribution in [-0.4, -0.2) is 16.7 Å². The molecule has 1 aromatic carbocycles. The van der Waals surface area contributed by atoms with Gasteiger partial charge in [0.25, 0.3) is 0 Å². The van der Waals surface area contributed by atoms with Crippen molar-refractivity contribution < 1.29 is 14.3 Å². The molecule has 0 N–H and O–H groups in total. The number of fused-ring (bicyclic) bond motifs is 1. The van der Waals surface area contributed by atoms with E-state index in [0.717, 1.165) is 12.8 Å². The number of esters is 2. The van der Waals surface area contributed by atoms with Crippen molar-refractivity contribution in [3.8, 4) is 0 Å². The van der Waals surface area contributed by atoms with E-state index in [-0.39, 0.29) is 11.2 Å². The van der Waals surface area contributed by atoms with E-state index < -0.39 is 11.9 Å². The average molecular weight is 278 g/mol. The van der Waals surface area contributed by atoms with Gasteiger partial charge in [0, 0.05) is 16.1 Å². The van der Waals surface area contributed by atoms with Crippen LogP contribution in [0.4, 0.5) is 0 Å². The fraction of sp³-hybridized carbons (Fsp3) is 0.467. The second-order valence-electron chi connectivity index (χ2n) is 5.30. The molecule has 1 heterocycles. The quantitative estimate of drug-likeness (QED) is 0.612. The van der Waals surface area contributed by atoms with Crippen LogP contribution in [-0.2, 0) is 16.0 Å². The third kappa shape index (κ3) is 3.38. The van der Waals surface area contributed by atoms with Crippen molar-refractivity contribution in [2.45, 2.75) is 49.7 Å².